The Bertz CT molecular complexity index is 1110. The standard InChI is InChI=1S/C11H14FNO.C8H5F3N2.C6H12O.C3H6S/c1-8-5-6-9(10(12)7-8)3-2-4-11(13)14;1-5-2-6(8(9,10)11)7(3-12)13-4-5;1-5(7)6(2,3)4;1-3(2)4/h5-7H,2-4H2,1H3,(H2,13,14);2,4H,1H3;1-4H3;1-2H3. The van der Waals surface area contributed by atoms with Crippen molar-refractivity contribution in [3.63, 3.8) is 0 Å². The number of carbonyl (C=O) groups excluding carboxylic acids is 2. The van der Waals surface area contributed by atoms with Gasteiger partial charge in [-0.1, -0.05) is 45.1 Å². The lowest BCUT2D eigenvalue weighted by Crippen LogP contribution is -2.15. The molecule has 5 nitrogen and oxygen atoms in total. The third-order valence-corrected chi connectivity index (χ3v) is 4.57. The van der Waals surface area contributed by atoms with Crippen LogP contribution in [0.25, 0.3) is 0 Å². The molecule has 10 heteroatoms. The minimum atomic E-state index is -4.51. The summed E-state index contributed by atoms with van der Waals surface area (Å²) in [5.74, 6) is -0.292. The number of carbonyl (C=O) groups is 2. The molecule has 0 fully saturated rings. The number of aryl methyl sites for hydroxylation is 3. The van der Waals surface area contributed by atoms with Crippen LogP contribution < -0.4 is 5.73 Å². The fourth-order valence-corrected chi connectivity index (χ4v) is 2.18. The van der Waals surface area contributed by atoms with Gasteiger partial charge in [0, 0.05) is 18.0 Å². The first kappa shape index (κ1) is 37.0. The Balaban J connectivity index is 0. The molecule has 1 heterocycles. The highest BCUT2D eigenvalue weighted by Crippen LogP contribution is 2.31. The summed E-state index contributed by atoms with van der Waals surface area (Å²) in [7, 11) is 0. The summed E-state index contributed by atoms with van der Waals surface area (Å²) in [4.78, 5) is 25.3. The predicted molar refractivity (Wildman–Crippen MR) is 146 cm³/mol. The first-order valence-electron chi connectivity index (χ1n) is 11.7. The van der Waals surface area contributed by atoms with Crippen molar-refractivity contribution in [2.24, 2.45) is 11.1 Å². The summed E-state index contributed by atoms with van der Waals surface area (Å²) in [6, 6.07) is 7.43. The van der Waals surface area contributed by atoms with Gasteiger partial charge in [0.15, 0.2) is 5.69 Å². The molecule has 2 aromatic rings. The van der Waals surface area contributed by atoms with Crippen molar-refractivity contribution in [2.75, 3.05) is 0 Å². The number of aromatic nitrogens is 1. The summed E-state index contributed by atoms with van der Waals surface area (Å²) in [5, 5.41) is 8.36. The highest BCUT2D eigenvalue weighted by atomic mass is 32.1. The summed E-state index contributed by atoms with van der Waals surface area (Å²) < 4.78 is 49.9. The number of hydrogen-bond donors (Lipinski definition) is 1. The van der Waals surface area contributed by atoms with Gasteiger partial charge in [0.25, 0.3) is 0 Å². The Morgan fingerprint density at radius 2 is 1.55 bits per heavy atom. The predicted octanol–water partition coefficient (Wildman–Crippen LogP) is 7.24. The molecule has 1 aromatic carbocycles. The molecule has 0 atom stereocenters. The van der Waals surface area contributed by atoms with E-state index in [0.29, 0.717) is 30.4 Å². The maximum Gasteiger partial charge on any atom is 0.419 e. The zero-order chi connectivity index (χ0) is 30.3. The third-order valence-electron chi connectivity index (χ3n) is 4.57. The number of alkyl halides is 3. The summed E-state index contributed by atoms with van der Waals surface area (Å²) in [6.45, 7) is 14.5. The molecule has 0 spiro atoms. The lowest BCUT2D eigenvalue weighted by Gasteiger charge is -2.11. The van der Waals surface area contributed by atoms with E-state index in [4.69, 9.17) is 11.0 Å². The Kier molecular flexibility index (Phi) is 16.9. The van der Waals surface area contributed by atoms with Crippen molar-refractivity contribution >= 4 is 28.8 Å². The number of nitrogens with zero attached hydrogens (tertiary/aromatic N) is 2. The first-order chi connectivity index (χ1) is 17.2. The van der Waals surface area contributed by atoms with Crippen molar-refractivity contribution in [2.45, 2.75) is 80.8 Å². The van der Waals surface area contributed by atoms with Crippen LogP contribution in [0.5, 0.6) is 0 Å². The number of primary amides is 1. The summed E-state index contributed by atoms with van der Waals surface area (Å²) >= 11 is 4.54. The number of nitriles is 1. The number of Topliss-reactive ketones (excluding diaryl/α,β-unsaturated/α-hetero) is 1. The average molecular weight is 556 g/mol. The highest BCUT2D eigenvalue weighted by Gasteiger charge is 2.34. The molecule has 0 radical (unpaired) electrons. The quantitative estimate of drug-likeness (QED) is 0.317. The molecule has 0 aliphatic carbocycles. The van der Waals surface area contributed by atoms with Gasteiger partial charge in [-0.15, -0.1) is 0 Å². The van der Waals surface area contributed by atoms with Gasteiger partial charge in [0.05, 0.1) is 5.56 Å². The van der Waals surface area contributed by atoms with Gasteiger partial charge < -0.3 is 5.73 Å². The number of halogens is 4. The number of benzene rings is 1. The van der Waals surface area contributed by atoms with Gasteiger partial charge >= 0.3 is 6.18 Å². The fourth-order valence-electron chi connectivity index (χ4n) is 2.18. The number of hydrogen-bond acceptors (Lipinski definition) is 5. The Hall–Kier alpha value is -3.19. The molecule has 0 unspecified atom stereocenters. The molecule has 1 aromatic heterocycles. The van der Waals surface area contributed by atoms with E-state index in [2.05, 4.69) is 17.2 Å². The van der Waals surface area contributed by atoms with Gasteiger partial charge in [-0.3, -0.25) is 9.59 Å². The third kappa shape index (κ3) is 18.1. The van der Waals surface area contributed by atoms with Crippen LogP contribution in [-0.2, 0) is 22.2 Å². The van der Waals surface area contributed by atoms with Gasteiger partial charge in [-0.05, 0) is 81.1 Å². The summed E-state index contributed by atoms with van der Waals surface area (Å²) in [5.41, 5.74) is 5.22. The second-order valence-electron chi connectivity index (χ2n) is 9.65. The van der Waals surface area contributed by atoms with Gasteiger partial charge in [-0.25, -0.2) is 9.37 Å². The lowest BCUT2D eigenvalue weighted by atomic mass is 9.92. The van der Waals surface area contributed by atoms with E-state index >= 15 is 0 Å². The maximum atomic E-state index is 13.3. The van der Waals surface area contributed by atoms with Crippen LogP contribution in [0, 0.1) is 36.4 Å². The molecule has 38 heavy (non-hydrogen) atoms. The van der Waals surface area contributed by atoms with Crippen LogP contribution in [0.2, 0.25) is 0 Å². The normalized spacial score (nSPS) is 10.3. The number of nitrogens with two attached hydrogens (primary N) is 1. The Labute approximate surface area is 228 Å². The summed E-state index contributed by atoms with van der Waals surface area (Å²) in [6.07, 6.45) is -1.80. The second kappa shape index (κ2) is 17.3. The van der Waals surface area contributed by atoms with E-state index in [9.17, 15) is 27.2 Å². The lowest BCUT2D eigenvalue weighted by molar-refractivity contribution is -0.138. The first-order valence-corrected chi connectivity index (χ1v) is 12.1. The zero-order valence-electron chi connectivity index (χ0n) is 23.2. The topological polar surface area (TPSA) is 96.8 Å². The van der Waals surface area contributed by atoms with E-state index < -0.39 is 17.4 Å². The van der Waals surface area contributed by atoms with E-state index in [1.54, 1.807) is 13.0 Å². The van der Waals surface area contributed by atoms with Crippen LogP contribution in [0.15, 0.2) is 30.5 Å². The minimum absolute atomic E-state index is 0.139. The van der Waals surface area contributed by atoms with Crippen LogP contribution in [-0.4, -0.2) is 21.5 Å². The molecule has 210 valence electrons. The van der Waals surface area contributed by atoms with E-state index in [-0.39, 0.29) is 22.9 Å². The molecule has 0 bridgehead atoms. The molecule has 0 aliphatic heterocycles. The van der Waals surface area contributed by atoms with Gasteiger partial charge in [0.1, 0.15) is 17.7 Å². The maximum absolute atomic E-state index is 13.3. The van der Waals surface area contributed by atoms with Crippen molar-refractivity contribution in [3.8, 4) is 6.07 Å². The Morgan fingerprint density at radius 1 is 1.05 bits per heavy atom. The molecular formula is C28H37F4N3O2S. The van der Waals surface area contributed by atoms with Crippen LogP contribution in [0.1, 0.15) is 82.3 Å². The number of ketones is 1. The molecule has 1 amide bonds. The number of thiocarbonyl (C=S) groups is 1. The van der Waals surface area contributed by atoms with Crippen LogP contribution in [0.3, 0.4) is 0 Å². The van der Waals surface area contributed by atoms with Crippen molar-refractivity contribution in [1.82, 2.24) is 4.98 Å². The van der Waals surface area contributed by atoms with E-state index in [1.807, 2.05) is 47.6 Å². The minimum Gasteiger partial charge on any atom is -0.370 e. The molecule has 0 saturated heterocycles. The van der Waals surface area contributed by atoms with E-state index in [0.717, 1.165) is 16.5 Å². The molecule has 0 aliphatic rings. The molecular weight excluding hydrogens is 518 g/mol. The van der Waals surface area contributed by atoms with Crippen molar-refractivity contribution in [1.29, 1.82) is 5.26 Å². The van der Waals surface area contributed by atoms with Crippen molar-refractivity contribution in [3.05, 3.63) is 64.2 Å². The number of pyridine rings is 1. The molecule has 0 saturated carbocycles. The van der Waals surface area contributed by atoms with Crippen molar-refractivity contribution < 1.29 is 27.2 Å². The fraction of sp³-hybridized carbons (Fsp3) is 0.464. The van der Waals surface area contributed by atoms with E-state index in [1.165, 1.54) is 25.3 Å². The highest BCUT2D eigenvalue weighted by molar-refractivity contribution is 7.80. The monoisotopic (exact) mass is 555 g/mol. The largest absolute Gasteiger partial charge is 0.419 e. The number of amides is 1. The average Bonchev–Trinajstić information content (AvgIpc) is 2.74. The van der Waals surface area contributed by atoms with Crippen LogP contribution >= 0.6 is 12.2 Å². The zero-order valence-corrected chi connectivity index (χ0v) is 24.0. The number of rotatable bonds is 4. The van der Waals surface area contributed by atoms with Gasteiger partial charge in [0.2, 0.25) is 5.91 Å². The SMILES string of the molecule is CC(=O)C(C)(C)C.CC(C)=S.Cc1ccc(CCCC(N)=O)c(F)c1.Cc1cnc(C#N)c(C(F)(F)F)c1. The second-order valence-corrected chi connectivity index (χ2v) is 10.5. The van der Waals surface area contributed by atoms with Crippen LogP contribution in [0.4, 0.5) is 17.6 Å². The van der Waals surface area contributed by atoms with Gasteiger partial charge in [-0.2, -0.15) is 18.4 Å². The molecule has 2 N–H and O–H groups in total. The Morgan fingerprint density at radius 3 is 1.92 bits per heavy atom. The smallest absolute Gasteiger partial charge is 0.370 e. The molecule has 2 rings (SSSR count).